The second kappa shape index (κ2) is 12.9. The molecule has 0 saturated carbocycles. The van der Waals surface area contributed by atoms with E-state index >= 15 is 0 Å². The number of aliphatic hydroxyl groups excluding tert-OH is 1. The number of likely N-dealkylation sites (tertiary alicyclic amines) is 1. The van der Waals surface area contributed by atoms with Crippen molar-refractivity contribution in [2.45, 2.75) is 44.7 Å². The molecule has 0 bridgehead atoms. The molecule has 4 aromatic rings. The van der Waals surface area contributed by atoms with Crippen LogP contribution in [0.4, 0.5) is 0 Å². The van der Waals surface area contributed by atoms with Crippen molar-refractivity contribution in [2.75, 3.05) is 46.7 Å². The van der Waals surface area contributed by atoms with Gasteiger partial charge in [0, 0.05) is 47.4 Å². The number of phenolic OH excluding ortho intramolecular Hbond substituents is 1. The number of methoxy groups -OCH3 is 1. The molecule has 3 aromatic carbocycles. The smallest absolute Gasteiger partial charge is 0.123 e. The quantitative estimate of drug-likeness (QED) is 0.241. The molecule has 0 spiro atoms. The van der Waals surface area contributed by atoms with Crippen LogP contribution < -0.4 is 4.74 Å². The van der Waals surface area contributed by atoms with Crippen LogP contribution in [0.5, 0.6) is 11.5 Å². The zero-order valence-corrected chi connectivity index (χ0v) is 24.7. The predicted molar refractivity (Wildman–Crippen MR) is 166 cm³/mol. The van der Waals surface area contributed by atoms with Crippen molar-refractivity contribution in [3.63, 3.8) is 0 Å². The lowest BCUT2D eigenvalue weighted by atomic mass is 9.96. The number of aryl methyl sites for hydroxylation is 1. The van der Waals surface area contributed by atoms with Gasteiger partial charge >= 0.3 is 0 Å². The van der Waals surface area contributed by atoms with Crippen molar-refractivity contribution in [1.29, 1.82) is 0 Å². The Morgan fingerprint density at radius 2 is 1.78 bits per heavy atom. The summed E-state index contributed by atoms with van der Waals surface area (Å²) in [7, 11) is 1.76. The van der Waals surface area contributed by atoms with E-state index < -0.39 is 0 Å². The van der Waals surface area contributed by atoms with Crippen molar-refractivity contribution in [3.05, 3.63) is 82.9 Å². The Balaban J connectivity index is 1.24. The maximum atomic E-state index is 10.2. The summed E-state index contributed by atoms with van der Waals surface area (Å²) in [5, 5.41) is 21.0. The molecule has 2 fully saturated rings. The van der Waals surface area contributed by atoms with Gasteiger partial charge in [0.2, 0.25) is 0 Å². The molecule has 0 radical (unpaired) electrons. The lowest BCUT2D eigenvalue weighted by Crippen LogP contribution is -2.35. The molecule has 6 rings (SSSR count). The van der Waals surface area contributed by atoms with E-state index in [2.05, 4.69) is 52.3 Å². The maximum absolute atomic E-state index is 10.2. The maximum Gasteiger partial charge on any atom is 0.123 e. The first-order valence-electron chi connectivity index (χ1n) is 14.8. The highest BCUT2D eigenvalue weighted by atomic mass is 32.1. The summed E-state index contributed by atoms with van der Waals surface area (Å²) in [6, 6.07) is 21.8. The molecule has 216 valence electrons. The number of aliphatic hydroxyl groups is 1. The molecule has 0 aliphatic carbocycles. The van der Waals surface area contributed by atoms with Gasteiger partial charge in [-0.1, -0.05) is 36.4 Å². The first-order valence-corrected chi connectivity index (χ1v) is 15.6. The van der Waals surface area contributed by atoms with Gasteiger partial charge < -0.3 is 19.7 Å². The van der Waals surface area contributed by atoms with E-state index in [0.717, 1.165) is 69.1 Å². The number of aromatic hydroxyl groups is 1. The van der Waals surface area contributed by atoms with Gasteiger partial charge in [-0.05, 0) is 84.0 Å². The zero-order valence-electron chi connectivity index (χ0n) is 23.8. The van der Waals surface area contributed by atoms with Crippen LogP contribution in [0.15, 0.2) is 60.7 Å². The summed E-state index contributed by atoms with van der Waals surface area (Å²) in [5.41, 5.74) is 6.24. The lowest BCUT2D eigenvalue weighted by molar-refractivity contribution is 0.0339. The normalized spacial score (nSPS) is 18.3. The highest BCUT2D eigenvalue weighted by molar-refractivity contribution is 7.22. The average molecular weight is 573 g/mol. The number of rotatable bonds is 10. The summed E-state index contributed by atoms with van der Waals surface area (Å²) in [6.07, 6.45) is 5.24. The number of hydrogen-bond acceptors (Lipinski definition) is 7. The van der Waals surface area contributed by atoms with E-state index in [1.54, 1.807) is 24.5 Å². The van der Waals surface area contributed by atoms with Crippen molar-refractivity contribution >= 4 is 21.4 Å². The summed E-state index contributed by atoms with van der Waals surface area (Å²) in [6.45, 7) is 5.50. The minimum Gasteiger partial charge on any atom is -0.508 e. The Labute approximate surface area is 246 Å². The number of hydrogen-bond donors (Lipinski definition) is 2. The second-order valence-electron chi connectivity index (χ2n) is 11.3. The zero-order chi connectivity index (χ0) is 28.2. The number of benzene rings is 3. The molecular formula is C34H40N2O4S. The molecule has 2 aliphatic heterocycles. The van der Waals surface area contributed by atoms with Crippen molar-refractivity contribution in [2.24, 2.45) is 0 Å². The van der Waals surface area contributed by atoms with Gasteiger partial charge in [-0.3, -0.25) is 9.80 Å². The number of thiophene rings is 1. The van der Waals surface area contributed by atoms with Crippen molar-refractivity contribution in [1.82, 2.24) is 9.80 Å². The second-order valence-corrected chi connectivity index (χ2v) is 12.3. The van der Waals surface area contributed by atoms with Crippen LogP contribution in [-0.2, 0) is 24.1 Å². The number of fused-ring (bicyclic) bond motifs is 1. The van der Waals surface area contributed by atoms with Crippen molar-refractivity contribution in [3.8, 4) is 21.9 Å². The fourth-order valence-electron chi connectivity index (χ4n) is 6.35. The molecule has 6 nitrogen and oxygen atoms in total. The van der Waals surface area contributed by atoms with E-state index in [1.165, 1.54) is 50.9 Å². The molecule has 0 amide bonds. The van der Waals surface area contributed by atoms with Crippen LogP contribution in [-0.4, -0.2) is 72.7 Å². The van der Waals surface area contributed by atoms with Crippen LogP contribution in [0.1, 0.15) is 41.5 Å². The van der Waals surface area contributed by atoms with Gasteiger partial charge in [0.1, 0.15) is 11.5 Å². The fourth-order valence-corrected chi connectivity index (χ4v) is 7.61. The summed E-state index contributed by atoms with van der Waals surface area (Å²) >= 11 is 1.75. The molecule has 3 heterocycles. The fraction of sp³-hybridized carbons (Fsp3) is 0.412. The van der Waals surface area contributed by atoms with Crippen LogP contribution in [0.25, 0.3) is 20.5 Å². The molecule has 2 N–H and O–H groups in total. The Bertz CT molecular complexity index is 1460. The predicted octanol–water partition coefficient (Wildman–Crippen LogP) is 6.05. The molecule has 1 atom stereocenters. The van der Waals surface area contributed by atoms with E-state index in [1.807, 2.05) is 12.1 Å². The molecule has 1 unspecified atom stereocenters. The standard InChI is InChI=1S/C34H40N2O4S/c1-39-32-20-25(6-10-27(32)22-35-15-17-40-18-16-35)19-31-30-13-12-29(38)21-33(30)41-34(31)26-8-4-24(5-9-26)7-11-28-3-2-14-36(28)23-37/h4-6,8-10,12-13,20-21,28,37-38H,2-3,7,11,14-19,22-23H2,1H3. The third-order valence-electron chi connectivity index (χ3n) is 8.67. The van der Waals surface area contributed by atoms with Crippen LogP contribution >= 0.6 is 11.3 Å². The summed E-state index contributed by atoms with van der Waals surface area (Å²) in [5.74, 6) is 1.23. The highest BCUT2D eigenvalue weighted by Gasteiger charge is 2.23. The van der Waals surface area contributed by atoms with Crippen LogP contribution in [0, 0.1) is 0 Å². The third-order valence-corrected chi connectivity index (χ3v) is 9.91. The van der Waals surface area contributed by atoms with E-state index in [4.69, 9.17) is 9.47 Å². The Kier molecular flexibility index (Phi) is 8.89. The first-order chi connectivity index (χ1) is 20.1. The minimum absolute atomic E-state index is 0.163. The Morgan fingerprint density at radius 1 is 0.976 bits per heavy atom. The van der Waals surface area contributed by atoms with E-state index in [-0.39, 0.29) is 6.73 Å². The summed E-state index contributed by atoms with van der Waals surface area (Å²) in [4.78, 5) is 5.85. The molecule has 1 aromatic heterocycles. The minimum atomic E-state index is 0.163. The van der Waals surface area contributed by atoms with Gasteiger partial charge in [0.25, 0.3) is 0 Å². The first kappa shape index (κ1) is 28.2. The highest BCUT2D eigenvalue weighted by Crippen LogP contribution is 2.41. The summed E-state index contributed by atoms with van der Waals surface area (Å²) < 4.78 is 12.5. The van der Waals surface area contributed by atoms with Crippen LogP contribution in [0.3, 0.4) is 0 Å². The van der Waals surface area contributed by atoms with Crippen LogP contribution in [0.2, 0.25) is 0 Å². The SMILES string of the molecule is COc1cc(Cc2c(-c3ccc(CCC4CCCN4CO)cc3)sc3cc(O)ccc23)ccc1CN1CCOCC1. The average Bonchev–Trinajstić information content (AvgIpc) is 3.61. The number of morpholine rings is 1. The van der Waals surface area contributed by atoms with E-state index in [9.17, 15) is 10.2 Å². The molecule has 7 heteroatoms. The number of nitrogens with zero attached hydrogens (tertiary/aromatic N) is 2. The van der Waals surface area contributed by atoms with Gasteiger partial charge in [0.05, 0.1) is 27.1 Å². The van der Waals surface area contributed by atoms with E-state index in [0.29, 0.717) is 11.8 Å². The van der Waals surface area contributed by atoms with Crippen molar-refractivity contribution < 1.29 is 19.7 Å². The molecule has 41 heavy (non-hydrogen) atoms. The van der Waals surface area contributed by atoms with Gasteiger partial charge in [-0.25, -0.2) is 0 Å². The molecular weight excluding hydrogens is 532 g/mol. The van der Waals surface area contributed by atoms with Gasteiger partial charge in [-0.15, -0.1) is 11.3 Å². The largest absolute Gasteiger partial charge is 0.508 e. The topological polar surface area (TPSA) is 65.4 Å². The number of phenols is 1. The monoisotopic (exact) mass is 572 g/mol. The molecule has 2 saturated heterocycles. The molecule has 2 aliphatic rings. The third kappa shape index (κ3) is 6.45. The van der Waals surface area contributed by atoms with Gasteiger partial charge in [0.15, 0.2) is 0 Å². The Morgan fingerprint density at radius 3 is 2.56 bits per heavy atom. The van der Waals surface area contributed by atoms with Gasteiger partial charge in [-0.2, -0.15) is 0 Å². The Hall–Kier alpha value is -2.94. The lowest BCUT2D eigenvalue weighted by Gasteiger charge is -2.27. The number of ether oxygens (including phenoxy) is 2.